The Morgan fingerprint density at radius 2 is 1.89 bits per heavy atom. The van der Waals surface area contributed by atoms with E-state index in [1.54, 1.807) is 0 Å². The van der Waals surface area contributed by atoms with Gasteiger partial charge in [0.05, 0.1) is 5.52 Å². The van der Waals surface area contributed by atoms with Crippen LogP contribution in [0.4, 0.5) is 5.69 Å². The molecule has 0 bridgehead atoms. The Bertz CT molecular complexity index is 573. The van der Waals surface area contributed by atoms with Gasteiger partial charge in [0.25, 0.3) is 0 Å². The van der Waals surface area contributed by atoms with E-state index in [1.165, 1.54) is 28.6 Å². The van der Waals surface area contributed by atoms with E-state index in [2.05, 4.69) is 51.2 Å². The normalized spacial score (nSPS) is 10.9. The summed E-state index contributed by atoms with van der Waals surface area (Å²) in [4.78, 5) is 4.71. The van der Waals surface area contributed by atoms with Gasteiger partial charge in [-0.05, 0) is 49.9 Å². The van der Waals surface area contributed by atoms with E-state index in [4.69, 9.17) is 4.98 Å². The molecule has 0 saturated heterocycles. The molecule has 2 heteroatoms. The number of hydrogen-bond acceptors (Lipinski definition) is 2. The molecule has 102 valence electrons. The van der Waals surface area contributed by atoms with Gasteiger partial charge in [0, 0.05) is 23.3 Å². The van der Waals surface area contributed by atoms with Crippen molar-refractivity contribution in [2.24, 2.45) is 0 Å². The summed E-state index contributed by atoms with van der Waals surface area (Å²) in [6.07, 6.45) is 3.45. The minimum atomic E-state index is 1.01. The minimum Gasteiger partial charge on any atom is -0.384 e. The van der Waals surface area contributed by atoms with Gasteiger partial charge in [-0.15, -0.1) is 0 Å². The molecule has 0 aliphatic carbocycles. The van der Waals surface area contributed by atoms with Crippen molar-refractivity contribution in [3.8, 4) is 0 Å². The average molecular weight is 256 g/mol. The first kappa shape index (κ1) is 13.9. The largest absolute Gasteiger partial charge is 0.384 e. The Kier molecular flexibility index (Phi) is 4.41. The standard InChI is InChI=1S/C17H24N2/c1-5-7-14-8-9-16-15(11-14)17(18-10-6-2)12(3)13(4)19-16/h8-9,11H,5-7,10H2,1-4H3,(H,18,19). The van der Waals surface area contributed by atoms with E-state index < -0.39 is 0 Å². The summed E-state index contributed by atoms with van der Waals surface area (Å²) >= 11 is 0. The van der Waals surface area contributed by atoms with E-state index in [0.717, 1.165) is 30.6 Å². The molecule has 0 amide bonds. The molecule has 0 saturated carbocycles. The highest BCUT2D eigenvalue weighted by atomic mass is 14.9. The van der Waals surface area contributed by atoms with Crippen molar-refractivity contribution in [2.75, 3.05) is 11.9 Å². The van der Waals surface area contributed by atoms with E-state index in [0.29, 0.717) is 0 Å². The minimum absolute atomic E-state index is 1.01. The van der Waals surface area contributed by atoms with Crippen LogP contribution in [0.25, 0.3) is 10.9 Å². The third-order valence-corrected chi connectivity index (χ3v) is 3.63. The third kappa shape index (κ3) is 2.89. The molecule has 1 aromatic heterocycles. The van der Waals surface area contributed by atoms with Crippen LogP contribution in [0.1, 0.15) is 43.5 Å². The van der Waals surface area contributed by atoms with Gasteiger partial charge in [0.2, 0.25) is 0 Å². The van der Waals surface area contributed by atoms with E-state index in [9.17, 15) is 0 Å². The molecule has 19 heavy (non-hydrogen) atoms. The van der Waals surface area contributed by atoms with Gasteiger partial charge in [-0.25, -0.2) is 0 Å². The summed E-state index contributed by atoms with van der Waals surface area (Å²) in [6, 6.07) is 6.66. The summed E-state index contributed by atoms with van der Waals surface area (Å²) < 4.78 is 0. The molecule has 0 fully saturated rings. The third-order valence-electron chi connectivity index (χ3n) is 3.63. The molecule has 2 rings (SSSR count). The first-order valence-electron chi connectivity index (χ1n) is 7.31. The summed E-state index contributed by atoms with van der Waals surface area (Å²) in [6.45, 7) is 9.68. The highest BCUT2D eigenvalue weighted by Gasteiger charge is 2.09. The molecule has 1 aromatic carbocycles. The monoisotopic (exact) mass is 256 g/mol. The topological polar surface area (TPSA) is 24.9 Å². The van der Waals surface area contributed by atoms with Crippen LogP contribution in [0, 0.1) is 13.8 Å². The second-order valence-electron chi connectivity index (χ2n) is 5.23. The molecule has 0 aliphatic heterocycles. The van der Waals surface area contributed by atoms with Gasteiger partial charge in [-0.1, -0.05) is 26.3 Å². The van der Waals surface area contributed by atoms with Crippen LogP contribution < -0.4 is 5.32 Å². The molecule has 1 N–H and O–H groups in total. The van der Waals surface area contributed by atoms with Gasteiger partial charge in [-0.3, -0.25) is 4.98 Å². The van der Waals surface area contributed by atoms with E-state index >= 15 is 0 Å². The molecule has 0 unspecified atom stereocenters. The van der Waals surface area contributed by atoms with Crippen LogP contribution in [-0.4, -0.2) is 11.5 Å². The number of hydrogen-bond donors (Lipinski definition) is 1. The van der Waals surface area contributed by atoms with Crippen LogP contribution >= 0.6 is 0 Å². The van der Waals surface area contributed by atoms with E-state index in [-0.39, 0.29) is 0 Å². The predicted octanol–water partition coefficient (Wildman–Crippen LogP) is 4.63. The van der Waals surface area contributed by atoms with Crippen molar-refractivity contribution in [1.29, 1.82) is 0 Å². The zero-order valence-electron chi connectivity index (χ0n) is 12.5. The molecule has 0 spiro atoms. The fourth-order valence-electron chi connectivity index (χ4n) is 2.45. The van der Waals surface area contributed by atoms with Crippen molar-refractivity contribution in [1.82, 2.24) is 4.98 Å². The smallest absolute Gasteiger partial charge is 0.0726 e. The molecule has 2 nitrogen and oxygen atoms in total. The van der Waals surface area contributed by atoms with Crippen molar-refractivity contribution < 1.29 is 0 Å². The summed E-state index contributed by atoms with van der Waals surface area (Å²) in [5, 5.41) is 4.84. The zero-order chi connectivity index (χ0) is 13.8. The highest BCUT2D eigenvalue weighted by Crippen LogP contribution is 2.29. The number of pyridine rings is 1. The van der Waals surface area contributed by atoms with Crippen LogP contribution in [0.2, 0.25) is 0 Å². The van der Waals surface area contributed by atoms with Gasteiger partial charge in [-0.2, -0.15) is 0 Å². The van der Waals surface area contributed by atoms with Crippen LogP contribution in [-0.2, 0) is 6.42 Å². The van der Waals surface area contributed by atoms with Gasteiger partial charge in [0.15, 0.2) is 0 Å². The molecule has 2 aromatic rings. The lowest BCUT2D eigenvalue weighted by molar-refractivity contribution is 0.923. The first-order valence-corrected chi connectivity index (χ1v) is 7.31. The Balaban J connectivity index is 2.58. The summed E-state index contributed by atoms with van der Waals surface area (Å²) in [7, 11) is 0. The Labute approximate surface area is 116 Å². The number of aromatic nitrogens is 1. The Morgan fingerprint density at radius 1 is 1.11 bits per heavy atom. The van der Waals surface area contributed by atoms with Crippen molar-refractivity contribution in [3.05, 3.63) is 35.0 Å². The van der Waals surface area contributed by atoms with Gasteiger partial charge in [0.1, 0.15) is 0 Å². The van der Waals surface area contributed by atoms with Crippen LogP contribution in [0.3, 0.4) is 0 Å². The molecule has 0 aliphatic rings. The second-order valence-corrected chi connectivity index (χ2v) is 5.23. The quantitative estimate of drug-likeness (QED) is 0.844. The summed E-state index contributed by atoms with van der Waals surface area (Å²) in [5.74, 6) is 0. The number of aryl methyl sites for hydroxylation is 2. The molecule has 0 radical (unpaired) electrons. The highest BCUT2D eigenvalue weighted by molar-refractivity contribution is 5.93. The SMILES string of the molecule is CCCNc1c(C)c(C)nc2ccc(CCC)cc12. The molecular weight excluding hydrogens is 232 g/mol. The van der Waals surface area contributed by atoms with Crippen molar-refractivity contribution >= 4 is 16.6 Å². The molecular formula is C17H24N2. The fourth-order valence-corrected chi connectivity index (χ4v) is 2.45. The molecule has 0 atom stereocenters. The van der Waals surface area contributed by atoms with Gasteiger partial charge < -0.3 is 5.32 Å². The maximum absolute atomic E-state index is 4.71. The lowest BCUT2D eigenvalue weighted by Gasteiger charge is -2.15. The first-order chi connectivity index (χ1) is 9.17. The maximum Gasteiger partial charge on any atom is 0.0726 e. The Hall–Kier alpha value is -1.57. The zero-order valence-corrected chi connectivity index (χ0v) is 12.5. The average Bonchev–Trinajstić information content (AvgIpc) is 2.40. The number of benzene rings is 1. The number of fused-ring (bicyclic) bond motifs is 1. The maximum atomic E-state index is 4.71. The van der Waals surface area contributed by atoms with Crippen LogP contribution in [0.15, 0.2) is 18.2 Å². The fraction of sp³-hybridized carbons (Fsp3) is 0.471. The lowest BCUT2D eigenvalue weighted by Crippen LogP contribution is -2.05. The van der Waals surface area contributed by atoms with Crippen LogP contribution in [0.5, 0.6) is 0 Å². The molecule has 1 heterocycles. The number of rotatable bonds is 5. The van der Waals surface area contributed by atoms with Crippen molar-refractivity contribution in [3.63, 3.8) is 0 Å². The van der Waals surface area contributed by atoms with Crippen molar-refractivity contribution in [2.45, 2.75) is 47.0 Å². The number of nitrogens with one attached hydrogen (secondary N) is 1. The second kappa shape index (κ2) is 6.05. The van der Waals surface area contributed by atoms with Gasteiger partial charge >= 0.3 is 0 Å². The Morgan fingerprint density at radius 3 is 2.58 bits per heavy atom. The van der Waals surface area contributed by atoms with E-state index in [1.807, 2.05) is 0 Å². The lowest BCUT2D eigenvalue weighted by atomic mass is 10.0. The number of anilines is 1. The summed E-state index contributed by atoms with van der Waals surface area (Å²) in [5.41, 5.74) is 6.16. The predicted molar refractivity (Wildman–Crippen MR) is 84.0 cm³/mol. The number of nitrogens with zero attached hydrogens (tertiary/aromatic N) is 1.